The number of fused-ring (bicyclic) bond motifs is 1. The number of aryl methyl sites for hydroxylation is 3. The predicted octanol–water partition coefficient (Wildman–Crippen LogP) is 5.53. The van der Waals surface area contributed by atoms with Crippen molar-refractivity contribution in [3.63, 3.8) is 0 Å². The molecule has 1 N–H and O–H groups in total. The zero-order valence-electron chi connectivity index (χ0n) is 21.9. The predicted molar refractivity (Wildman–Crippen MR) is 141 cm³/mol. The lowest BCUT2D eigenvalue weighted by Gasteiger charge is -2.19. The van der Waals surface area contributed by atoms with Crippen LogP contribution in [-0.2, 0) is 6.54 Å². The van der Waals surface area contributed by atoms with Crippen molar-refractivity contribution in [2.24, 2.45) is 0 Å². The Balaban J connectivity index is 1.71. The van der Waals surface area contributed by atoms with Gasteiger partial charge in [0.05, 0.1) is 38.4 Å². The second-order valence-corrected chi connectivity index (χ2v) is 9.03. The lowest BCUT2D eigenvalue weighted by atomic mass is 9.99. The normalized spacial score (nSPS) is 11.9. The fourth-order valence-electron chi connectivity index (χ4n) is 4.77. The highest BCUT2D eigenvalue weighted by Gasteiger charge is 2.22. The molecule has 1 atom stereocenters. The number of rotatable bonds is 8. The summed E-state index contributed by atoms with van der Waals surface area (Å²) in [7, 11) is 4.59. The Kier molecular flexibility index (Phi) is 7.20. The molecule has 0 aliphatic carbocycles. The fourth-order valence-corrected chi connectivity index (χ4v) is 4.77. The molecule has 0 saturated carbocycles. The Hall–Kier alpha value is -4.00. The van der Waals surface area contributed by atoms with Crippen LogP contribution in [0.2, 0.25) is 0 Å². The average Bonchev–Trinajstić information content (AvgIpc) is 3.23. The topological polar surface area (TPSA) is 74.6 Å². The van der Waals surface area contributed by atoms with Crippen LogP contribution in [0.25, 0.3) is 11.0 Å². The first-order chi connectivity index (χ1) is 17.3. The summed E-state index contributed by atoms with van der Waals surface area (Å²) < 4.78 is 18.4. The van der Waals surface area contributed by atoms with E-state index in [4.69, 9.17) is 19.2 Å². The molecule has 0 spiro atoms. The summed E-state index contributed by atoms with van der Waals surface area (Å²) in [6, 6.07) is 15.4. The molecule has 0 saturated heterocycles. The van der Waals surface area contributed by atoms with E-state index < -0.39 is 0 Å². The molecule has 36 heavy (non-hydrogen) atoms. The van der Waals surface area contributed by atoms with Crippen LogP contribution in [0.4, 0.5) is 0 Å². The first kappa shape index (κ1) is 25.1. The van der Waals surface area contributed by atoms with E-state index in [-0.39, 0.29) is 11.9 Å². The molecular formula is C29H33N3O4. The molecule has 4 aromatic rings. The maximum Gasteiger partial charge on any atom is 0.252 e. The van der Waals surface area contributed by atoms with Crippen molar-refractivity contribution in [2.45, 2.75) is 40.3 Å². The third-order valence-corrected chi connectivity index (χ3v) is 6.50. The Morgan fingerprint density at radius 3 is 2.14 bits per heavy atom. The minimum Gasteiger partial charge on any atom is -0.493 e. The number of carbonyl (C=O) groups is 1. The van der Waals surface area contributed by atoms with Crippen molar-refractivity contribution in [3.05, 3.63) is 82.2 Å². The molecule has 0 fully saturated rings. The van der Waals surface area contributed by atoms with Gasteiger partial charge in [0.15, 0.2) is 11.5 Å². The van der Waals surface area contributed by atoms with E-state index in [1.165, 1.54) is 43.6 Å². The zero-order valence-corrected chi connectivity index (χ0v) is 21.9. The van der Waals surface area contributed by atoms with Gasteiger partial charge >= 0.3 is 0 Å². The van der Waals surface area contributed by atoms with Crippen LogP contribution in [0.15, 0.2) is 48.5 Å². The summed E-state index contributed by atoms with van der Waals surface area (Å²) in [6.07, 6.45) is 0. The molecule has 4 rings (SSSR count). The standard InChI is InChI=1S/C29H33N3O4/c1-17-12-18(2)22(19(3)13-17)16-32-24-11-9-8-10-23(24)31-28(32)20(4)30-29(33)21-14-25(34-5)27(36-7)26(15-21)35-6/h8-15,20H,16H2,1-7H3,(H,30,33). The number of nitrogens with one attached hydrogen (secondary N) is 1. The van der Waals surface area contributed by atoms with Crippen LogP contribution in [0, 0.1) is 20.8 Å². The average molecular weight is 488 g/mol. The zero-order chi connectivity index (χ0) is 26.0. The number of para-hydroxylation sites is 2. The largest absolute Gasteiger partial charge is 0.493 e. The molecule has 1 heterocycles. The summed E-state index contributed by atoms with van der Waals surface area (Å²) >= 11 is 0. The van der Waals surface area contributed by atoms with Crippen molar-refractivity contribution in [1.29, 1.82) is 0 Å². The van der Waals surface area contributed by atoms with Crippen molar-refractivity contribution < 1.29 is 19.0 Å². The number of hydrogen-bond acceptors (Lipinski definition) is 5. The van der Waals surface area contributed by atoms with E-state index in [2.05, 4.69) is 48.9 Å². The molecule has 0 bridgehead atoms. The smallest absolute Gasteiger partial charge is 0.252 e. The van der Waals surface area contributed by atoms with Crippen LogP contribution in [-0.4, -0.2) is 36.8 Å². The first-order valence-corrected chi connectivity index (χ1v) is 11.9. The van der Waals surface area contributed by atoms with Crippen molar-refractivity contribution in [2.75, 3.05) is 21.3 Å². The molecule has 0 radical (unpaired) electrons. The lowest BCUT2D eigenvalue weighted by Crippen LogP contribution is -2.29. The molecule has 1 unspecified atom stereocenters. The fraction of sp³-hybridized carbons (Fsp3) is 0.310. The maximum atomic E-state index is 13.3. The molecule has 188 valence electrons. The Bertz CT molecular complexity index is 1380. The number of ether oxygens (including phenoxy) is 3. The molecule has 0 aliphatic heterocycles. The summed E-state index contributed by atoms with van der Waals surface area (Å²) in [4.78, 5) is 18.2. The van der Waals surface area contributed by atoms with E-state index in [1.807, 2.05) is 25.1 Å². The number of carbonyl (C=O) groups excluding carboxylic acids is 1. The van der Waals surface area contributed by atoms with Crippen LogP contribution < -0.4 is 19.5 Å². The highest BCUT2D eigenvalue weighted by atomic mass is 16.5. The van der Waals surface area contributed by atoms with Crippen molar-refractivity contribution in [1.82, 2.24) is 14.9 Å². The van der Waals surface area contributed by atoms with Gasteiger partial charge in [0, 0.05) is 12.1 Å². The van der Waals surface area contributed by atoms with Crippen molar-refractivity contribution in [3.8, 4) is 17.2 Å². The lowest BCUT2D eigenvalue weighted by molar-refractivity contribution is 0.0937. The third kappa shape index (κ3) is 4.73. The molecule has 1 amide bonds. The number of nitrogens with zero attached hydrogens (tertiary/aromatic N) is 2. The molecule has 3 aromatic carbocycles. The van der Waals surface area contributed by atoms with Gasteiger partial charge in [0.25, 0.3) is 5.91 Å². The highest BCUT2D eigenvalue weighted by molar-refractivity contribution is 5.96. The molecule has 0 aliphatic rings. The molecule has 7 nitrogen and oxygen atoms in total. The number of hydrogen-bond donors (Lipinski definition) is 1. The third-order valence-electron chi connectivity index (χ3n) is 6.50. The van der Waals surface area contributed by atoms with Gasteiger partial charge in [0.1, 0.15) is 5.82 Å². The first-order valence-electron chi connectivity index (χ1n) is 11.9. The summed E-state index contributed by atoms with van der Waals surface area (Å²) in [5.74, 6) is 1.81. The number of benzene rings is 3. The van der Waals surface area contributed by atoms with E-state index in [9.17, 15) is 4.79 Å². The quantitative estimate of drug-likeness (QED) is 0.354. The summed E-state index contributed by atoms with van der Waals surface area (Å²) in [6.45, 7) is 9.01. The number of amides is 1. The minimum absolute atomic E-state index is 0.261. The summed E-state index contributed by atoms with van der Waals surface area (Å²) in [5, 5.41) is 3.10. The van der Waals surface area contributed by atoms with Crippen LogP contribution >= 0.6 is 0 Å². The SMILES string of the molecule is COc1cc(C(=O)NC(C)c2nc3ccccc3n2Cc2c(C)cc(C)cc2C)cc(OC)c1OC. The molecule has 1 aromatic heterocycles. The number of aromatic nitrogens is 2. The maximum absolute atomic E-state index is 13.3. The van der Waals surface area contributed by atoms with E-state index in [0.717, 1.165) is 16.9 Å². The van der Waals surface area contributed by atoms with Gasteiger partial charge in [0.2, 0.25) is 5.75 Å². The Morgan fingerprint density at radius 2 is 1.56 bits per heavy atom. The Labute approximate surface area is 212 Å². The van der Waals surface area contributed by atoms with Crippen molar-refractivity contribution >= 4 is 16.9 Å². The molecule has 7 heteroatoms. The van der Waals surface area contributed by atoms with Crippen LogP contribution in [0.3, 0.4) is 0 Å². The van der Waals surface area contributed by atoms with Crippen LogP contribution in [0.5, 0.6) is 17.2 Å². The second kappa shape index (κ2) is 10.3. The van der Waals surface area contributed by atoms with Crippen LogP contribution in [0.1, 0.15) is 51.4 Å². The molecular weight excluding hydrogens is 454 g/mol. The van der Waals surface area contributed by atoms with Gasteiger partial charge in [-0.2, -0.15) is 0 Å². The highest BCUT2D eigenvalue weighted by Crippen LogP contribution is 2.38. The van der Waals surface area contributed by atoms with Gasteiger partial charge in [-0.15, -0.1) is 0 Å². The Morgan fingerprint density at radius 1 is 0.944 bits per heavy atom. The second-order valence-electron chi connectivity index (χ2n) is 9.03. The van der Waals surface area contributed by atoms with Gasteiger partial charge in [-0.3, -0.25) is 4.79 Å². The van der Waals surface area contributed by atoms with Gasteiger partial charge in [-0.25, -0.2) is 4.98 Å². The van der Waals surface area contributed by atoms with E-state index in [1.54, 1.807) is 12.1 Å². The monoisotopic (exact) mass is 487 g/mol. The van der Waals surface area contributed by atoms with E-state index >= 15 is 0 Å². The van der Waals surface area contributed by atoms with E-state index in [0.29, 0.717) is 29.4 Å². The van der Waals surface area contributed by atoms with Gasteiger partial charge < -0.3 is 24.1 Å². The minimum atomic E-state index is -0.352. The number of imidazole rings is 1. The summed E-state index contributed by atoms with van der Waals surface area (Å²) in [5.41, 5.74) is 7.31. The van der Waals surface area contributed by atoms with Gasteiger partial charge in [-0.1, -0.05) is 29.8 Å². The number of methoxy groups -OCH3 is 3. The van der Waals surface area contributed by atoms with Gasteiger partial charge in [-0.05, 0) is 68.7 Å².